The van der Waals surface area contributed by atoms with E-state index in [1.54, 1.807) is 13.0 Å². The van der Waals surface area contributed by atoms with Gasteiger partial charge in [0.15, 0.2) is 0 Å². The summed E-state index contributed by atoms with van der Waals surface area (Å²) < 4.78 is 32.4. The van der Waals surface area contributed by atoms with Crippen LogP contribution in [0.1, 0.15) is 35.3 Å². The first-order valence-electron chi connectivity index (χ1n) is 7.80. The summed E-state index contributed by atoms with van der Waals surface area (Å²) in [6, 6.07) is 7.21. The van der Waals surface area contributed by atoms with Crippen LogP contribution < -0.4 is 15.8 Å². The maximum Gasteiger partial charge on any atom is 0.255 e. The summed E-state index contributed by atoms with van der Waals surface area (Å²) in [6.07, 6.45) is 0.630. The van der Waals surface area contributed by atoms with Crippen LogP contribution in [0, 0.1) is 11.6 Å². The second-order valence-corrected chi connectivity index (χ2v) is 5.93. The van der Waals surface area contributed by atoms with E-state index in [2.05, 4.69) is 5.32 Å². The van der Waals surface area contributed by atoms with Crippen molar-refractivity contribution >= 4 is 17.5 Å². The molecule has 0 unspecified atom stereocenters. The Morgan fingerprint density at radius 1 is 1.28 bits per heavy atom. The number of hydrogen-bond donors (Lipinski definition) is 2. The predicted octanol–water partition coefficient (Wildman–Crippen LogP) is 3.84. The third kappa shape index (κ3) is 5.14. The van der Waals surface area contributed by atoms with E-state index in [0.29, 0.717) is 30.3 Å². The molecule has 2 aromatic rings. The van der Waals surface area contributed by atoms with Gasteiger partial charge in [-0.05, 0) is 44.2 Å². The Hall–Kier alpha value is -2.18. The summed E-state index contributed by atoms with van der Waals surface area (Å²) in [5.74, 6) is -1.52. The van der Waals surface area contributed by atoms with Gasteiger partial charge in [-0.1, -0.05) is 17.7 Å². The van der Waals surface area contributed by atoms with Gasteiger partial charge < -0.3 is 15.8 Å². The van der Waals surface area contributed by atoms with Crippen LogP contribution in [-0.4, -0.2) is 19.1 Å². The highest BCUT2D eigenvalue weighted by molar-refractivity contribution is 6.30. The van der Waals surface area contributed by atoms with Crippen molar-refractivity contribution in [1.29, 1.82) is 0 Å². The van der Waals surface area contributed by atoms with Crippen LogP contribution in [-0.2, 0) is 0 Å². The molecule has 25 heavy (non-hydrogen) atoms. The first kappa shape index (κ1) is 19.1. The summed E-state index contributed by atoms with van der Waals surface area (Å²) in [6.45, 7) is 2.42. The Bertz CT molecular complexity index is 756. The van der Waals surface area contributed by atoms with Crippen LogP contribution in [0.3, 0.4) is 0 Å². The molecule has 0 aliphatic carbocycles. The van der Waals surface area contributed by atoms with Crippen molar-refractivity contribution in [3.8, 4) is 5.75 Å². The van der Waals surface area contributed by atoms with Crippen molar-refractivity contribution in [2.24, 2.45) is 5.73 Å². The molecule has 0 heterocycles. The molecule has 0 saturated heterocycles. The number of amides is 1. The molecule has 1 amide bonds. The van der Waals surface area contributed by atoms with E-state index in [9.17, 15) is 13.6 Å². The molecule has 2 aromatic carbocycles. The number of carbonyl (C=O) groups is 1. The maximum atomic E-state index is 13.8. The average Bonchev–Trinajstić information content (AvgIpc) is 2.54. The molecule has 1 atom stereocenters. The van der Waals surface area contributed by atoms with Gasteiger partial charge in [-0.25, -0.2) is 8.78 Å². The number of hydrogen-bond acceptors (Lipinski definition) is 3. The first-order chi connectivity index (χ1) is 11.9. The van der Waals surface area contributed by atoms with Crippen LogP contribution in [0.15, 0.2) is 36.4 Å². The number of carbonyl (C=O) groups excluding carboxylic acids is 1. The number of nitrogens with one attached hydrogen (secondary N) is 1. The SMILES string of the molecule is C[C@H](NC(=O)c1ccc(Cl)cc1OCCCN)c1ccc(F)cc1F. The summed E-state index contributed by atoms with van der Waals surface area (Å²) in [5, 5.41) is 3.10. The van der Waals surface area contributed by atoms with Gasteiger partial charge in [-0.15, -0.1) is 0 Å². The molecule has 3 N–H and O–H groups in total. The van der Waals surface area contributed by atoms with Crippen LogP contribution in [0.25, 0.3) is 0 Å². The third-order valence-electron chi connectivity index (χ3n) is 3.57. The van der Waals surface area contributed by atoms with Crippen molar-refractivity contribution in [2.45, 2.75) is 19.4 Å². The van der Waals surface area contributed by atoms with Gasteiger partial charge in [-0.3, -0.25) is 4.79 Å². The molecule has 0 radical (unpaired) electrons. The van der Waals surface area contributed by atoms with Crippen molar-refractivity contribution in [2.75, 3.05) is 13.2 Å². The summed E-state index contributed by atoms with van der Waals surface area (Å²) in [7, 11) is 0. The highest BCUT2D eigenvalue weighted by atomic mass is 35.5. The monoisotopic (exact) mass is 368 g/mol. The molecule has 0 saturated carbocycles. The molecule has 0 aromatic heterocycles. The molecule has 0 spiro atoms. The van der Waals surface area contributed by atoms with Crippen LogP contribution >= 0.6 is 11.6 Å². The fraction of sp³-hybridized carbons (Fsp3) is 0.278. The lowest BCUT2D eigenvalue weighted by Gasteiger charge is -2.17. The highest BCUT2D eigenvalue weighted by Crippen LogP contribution is 2.25. The molecule has 7 heteroatoms. The van der Waals surface area contributed by atoms with Gasteiger partial charge in [0, 0.05) is 16.7 Å². The Morgan fingerprint density at radius 3 is 2.72 bits per heavy atom. The van der Waals surface area contributed by atoms with Gasteiger partial charge >= 0.3 is 0 Å². The third-order valence-corrected chi connectivity index (χ3v) is 3.81. The largest absolute Gasteiger partial charge is 0.493 e. The molecule has 2 rings (SSSR count). The van der Waals surface area contributed by atoms with E-state index in [1.165, 1.54) is 18.2 Å². The van der Waals surface area contributed by atoms with E-state index in [0.717, 1.165) is 12.1 Å². The minimum Gasteiger partial charge on any atom is -0.493 e. The zero-order valence-corrected chi connectivity index (χ0v) is 14.4. The number of rotatable bonds is 7. The van der Waals surface area contributed by atoms with Crippen molar-refractivity contribution in [1.82, 2.24) is 5.32 Å². The van der Waals surface area contributed by atoms with Gasteiger partial charge in [-0.2, -0.15) is 0 Å². The smallest absolute Gasteiger partial charge is 0.255 e. The van der Waals surface area contributed by atoms with Crippen LogP contribution in [0.2, 0.25) is 5.02 Å². The van der Waals surface area contributed by atoms with E-state index in [1.807, 2.05) is 0 Å². The van der Waals surface area contributed by atoms with E-state index in [-0.39, 0.29) is 11.1 Å². The van der Waals surface area contributed by atoms with Gasteiger partial charge in [0.1, 0.15) is 17.4 Å². The van der Waals surface area contributed by atoms with E-state index < -0.39 is 23.6 Å². The Kier molecular flexibility index (Phi) is 6.73. The van der Waals surface area contributed by atoms with Crippen molar-refractivity contribution in [3.05, 3.63) is 64.2 Å². The lowest BCUT2D eigenvalue weighted by atomic mass is 10.1. The number of benzene rings is 2. The molecular formula is C18H19ClF2N2O2. The number of nitrogens with two attached hydrogens (primary N) is 1. The predicted molar refractivity (Wildman–Crippen MR) is 92.9 cm³/mol. The number of ether oxygens (including phenoxy) is 1. The van der Waals surface area contributed by atoms with Crippen molar-refractivity contribution in [3.63, 3.8) is 0 Å². The Labute approximate surface area is 149 Å². The summed E-state index contributed by atoms with van der Waals surface area (Å²) >= 11 is 5.95. The van der Waals surface area contributed by atoms with Gasteiger partial charge in [0.05, 0.1) is 18.2 Å². The van der Waals surface area contributed by atoms with Gasteiger partial charge in [0.25, 0.3) is 5.91 Å². The molecule has 0 bridgehead atoms. The van der Waals surface area contributed by atoms with Crippen LogP contribution in [0.4, 0.5) is 8.78 Å². The van der Waals surface area contributed by atoms with E-state index in [4.69, 9.17) is 22.1 Å². The molecule has 134 valence electrons. The molecule has 0 aliphatic rings. The second kappa shape index (κ2) is 8.78. The quantitative estimate of drug-likeness (QED) is 0.730. The topological polar surface area (TPSA) is 64.3 Å². The van der Waals surface area contributed by atoms with Crippen LogP contribution in [0.5, 0.6) is 5.75 Å². The first-order valence-corrected chi connectivity index (χ1v) is 8.18. The van der Waals surface area contributed by atoms with Crippen molar-refractivity contribution < 1.29 is 18.3 Å². The van der Waals surface area contributed by atoms with Gasteiger partial charge in [0.2, 0.25) is 0 Å². The summed E-state index contributed by atoms with van der Waals surface area (Å²) in [4.78, 5) is 12.5. The lowest BCUT2D eigenvalue weighted by molar-refractivity contribution is 0.0935. The second-order valence-electron chi connectivity index (χ2n) is 5.49. The molecule has 0 aliphatic heterocycles. The molecule has 4 nitrogen and oxygen atoms in total. The maximum absolute atomic E-state index is 13.8. The zero-order valence-electron chi connectivity index (χ0n) is 13.7. The average molecular weight is 369 g/mol. The Balaban J connectivity index is 2.16. The lowest BCUT2D eigenvalue weighted by Crippen LogP contribution is -2.27. The summed E-state index contributed by atoms with van der Waals surface area (Å²) in [5.41, 5.74) is 5.89. The normalized spacial score (nSPS) is 11.9. The highest BCUT2D eigenvalue weighted by Gasteiger charge is 2.18. The zero-order chi connectivity index (χ0) is 18.4. The Morgan fingerprint density at radius 2 is 2.04 bits per heavy atom. The minimum atomic E-state index is -0.719. The molecule has 0 fully saturated rings. The molecular weight excluding hydrogens is 350 g/mol. The van der Waals surface area contributed by atoms with E-state index >= 15 is 0 Å². The minimum absolute atomic E-state index is 0.189. The number of halogens is 3. The standard InChI is InChI=1S/C18H19ClF2N2O2/c1-11(14-6-4-13(20)10-16(14)21)23-18(24)15-5-3-12(19)9-17(15)25-8-2-7-22/h3-6,9-11H,2,7-8,22H2,1H3,(H,23,24)/t11-/m0/s1. The fourth-order valence-corrected chi connectivity index (χ4v) is 2.44. The fourth-order valence-electron chi connectivity index (χ4n) is 2.27.